The van der Waals surface area contributed by atoms with Gasteiger partial charge in [0.25, 0.3) is 0 Å². The molecule has 0 saturated carbocycles. The van der Waals surface area contributed by atoms with Crippen molar-refractivity contribution in [1.29, 1.82) is 0 Å². The highest BCUT2D eigenvalue weighted by molar-refractivity contribution is 5.65. The van der Waals surface area contributed by atoms with Crippen molar-refractivity contribution >= 4 is 11.4 Å². The van der Waals surface area contributed by atoms with Gasteiger partial charge in [-0.15, -0.1) is 14.7 Å². The van der Waals surface area contributed by atoms with Crippen molar-refractivity contribution in [3.63, 3.8) is 0 Å². The fraction of sp³-hybridized carbons (Fsp3) is 0.250. The molecule has 0 radical (unpaired) electrons. The molecule has 0 spiro atoms. The molecule has 0 fully saturated rings. The van der Waals surface area contributed by atoms with Gasteiger partial charge in [0.05, 0.1) is 26.7 Å². The molecule has 0 bridgehead atoms. The van der Waals surface area contributed by atoms with Crippen molar-refractivity contribution in [2.75, 3.05) is 20.8 Å². The second-order valence-corrected chi connectivity index (χ2v) is 7.65. The van der Waals surface area contributed by atoms with Gasteiger partial charge in [0.15, 0.2) is 5.54 Å². The van der Waals surface area contributed by atoms with Crippen LogP contribution in [0.15, 0.2) is 70.1 Å². The number of nitroso groups, excluding NO2 is 3. The van der Waals surface area contributed by atoms with E-state index < -0.39 is 11.5 Å². The SMILES string of the molecule is COc1ccc(C2(N=O)c3ccc(OC)c(C)c3OCC2c2ccc(N=O)c(N=O)c2)cc1. The summed E-state index contributed by atoms with van der Waals surface area (Å²) < 4.78 is 16.8. The molecule has 168 valence electrons. The Bertz CT molecular complexity index is 1230. The number of benzene rings is 3. The number of hydrogen-bond donors (Lipinski definition) is 0. The monoisotopic (exact) mass is 447 g/mol. The number of methoxy groups -OCH3 is 2. The molecule has 3 aromatic rings. The van der Waals surface area contributed by atoms with Crippen molar-refractivity contribution in [3.05, 3.63) is 91.6 Å². The van der Waals surface area contributed by atoms with Crippen LogP contribution in [0.25, 0.3) is 0 Å². The Morgan fingerprint density at radius 3 is 2.24 bits per heavy atom. The Labute approximate surface area is 189 Å². The standard InChI is InChI=1S/C24H21N3O6/c1-14-22(32-3)11-9-18-23(14)33-13-19(15-4-10-20(25-28)21(12-15)26-29)24(18,27-30)16-5-7-17(31-2)8-6-16/h4-12,19H,13H2,1-3H3. The van der Waals surface area contributed by atoms with E-state index in [1.165, 1.54) is 12.1 Å². The Morgan fingerprint density at radius 1 is 0.909 bits per heavy atom. The molecule has 9 nitrogen and oxygen atoms in total. The highest BCUT2D eigenvalue weighted by Crippen LogP contribution is 2.54. The van der Waals surface area contributed by atoms with Crippen LogP contribution in [-0.4, -0.2) is 20.8 Å². The number of fused-ring (bicyclic) bond motifs is 1. The predicted octanol–water partition coefficient (Wildman–Crippen LogP) is 5.99. The Kier molecular flexibility index (Phi) is 5.87. The Morgan fingerprint density at radius 2 is 1.64 bits per heavy atom. The van der Waals surface area contributed by atoms with E-state index >= 15 is 0 Å². The molecule has 0 aliphatic carbocycles. The zero-order valence-corrected chi connectivity index (χ0v) is 18.3. The maximum Gasteiger partial charge on any atom is 0.166 e. The van der Waals surface area contributed by atoms with Gasteiger partial charge in [-0.1, -0.05) is 23.4 Å². The van der Waals surface area contributed by atoms with Crippen LogP contribution in [0.2, 0.25) is 0 Å². The minimum absolute atomic E-state index is 0.0828. The van der Waals surface area contributed by atoms with Crippen molar-refractivity contribution < 1.29 is 14.2 Å². The van der Waals surface area contributed by atoms with E-state index in [9.17, 15) is 14.7 Å². The summed E-state index contributed by atoms with van der Waals surface area (Å²) in [7, 11) is 3.12. The van der Waals surface area contributed by atoms with Crippen LogP contribution in [0.1, 0.15) is 28.2 Å². The van der Waals surface area contributed by atoms with Gasteiger partial charge in [-0.3, -0.25) is 0 Å². The summed E-state index contributed by atoms with van der Waals surface area (Å²) >= 11 is 0. The van der Waals surface area contributed by atoms with E-state index in [1.54, 1.807) is 56.7 Å². The fourth-order valence-corrected chi connectivity index (χ4v) is 4.47. The highest BCUT2D eigenvalue weighted by Gasteiger charge is 2.50. The predicted molar refractivity (Wildman–Crippen MR) is 123 cm³/mol. The van der Waals surface area contributed by atoms with E-state index in [0.29, 0.717) is 33.9 Å². The van der Waals surface area contributed by atoms with Crippen LogP contribution in [0.4, 0.5) is 11.4 Å². The first-order valence-corrected chi connectivity index (χ1v) is 10.1. The molecule has 0 aromatic heterocycles. The van der Waals surface area contributed by atoms with E-state index in [1.807, 2.05) is 6.92 Å². The normalized spacial score (nSPS) is 19.1. The van der Waals surface area contributed by atoms with E-state index in [2.05, 4.69) is 15.5 Å². The second kappa shape index (κ2) is 8.78. The fourth-order valence-electron chi connectivity index (χ4n) is 4.47. The summed E-state index contributed by atoms with van der Waals surface area (Å²) in [5, 5.41) is 9.45. The van der Waals surface area contributed by atoms with Crippen LogP contribution < -0.4 is 14.2 Å². The van der Waals surface area contributed by atoms with Crippen molar-refractivity contribution in [1.82, 2.24) is 0 Å². The maximum absolute atomic E-state index is 12.8. The third kappa shape index (κ3) is 3.42. The van der Waals surface area contributed by atoms with Crippen molar-refractivity contribution in [2.24, 2.45) is 15.5 Å². The van der Waals surface area contributed by atoms with Gasteiger partial charge >= 0.3 is 0 Å². The van der Waals surface area contributed by atoms with Crippen LogP contribution in [0, 0.1) is 21.6 Å². The quantitative estimate of drug-likeness (QED) is 0.411. The lowest BCUT2D eigenvalue weighted by molar-refractivity contribution is 0.202. The summed E-state index contributed by atoms with van der Waals surface area (Å²) in [5.74, 6) is 1.14. The minimum atomic E-state index is -1.40. The first-order chi connectivity index (χ1) is 16.0. The summed E-state index contributed by atoms with van der Waals surface area (Å²) in [6, 6.07) is 15.1. The minimum Gasteiger partial charge on any atom is -0.497 e. The first-order valence-electron chi connectivity index (χ1n) is 10.1. The van der Waals surface area contributed by atoms with Crippen LogP contribution in [0.3, 0.4) is 0 Å². The molecule has 1 aliphatic rings. The molecular formula is C24H21N3O6. The van der Waals surface area contributed by atoms with Gasteiger partial charge in [0.1, 0.15) is 28.6 Å². The van der Waals surface area contributed by atoms with E-state index in [-0.39, 0.29) is 18.0 Å². The topological polar surface area (TPSA) is 116 Å². The molecule has 1 heterocycles. The first kappa shape index (κ1) is 22.1. The molecule has 4 rings (SSSR count). The molecule has 33 heavy (non-hydrogen) atoms. The molecule has 9 heteroatoms. The molecule has 0 amide bonds. The van der Waals surface area contributed by atoms with Gasteiger partial charge in [0.2, 0.25) is 0 Å². The molecule has 0 saturated heterocycles. The van der Waals surface area contributed by atoms with Crippen LogP contribution in [0.5, 0.6) is 17.2 Å². The van der Waals surface area contributed by atoms with Crippen molar-refractivity contribution in [2.45, 2.75) is 18.4 Å². The molecule has 2 unspecified atom stereocenters. The Hall–Kier alpha value is -4.14. The number of rotatable bonds is 7. The number of ether oxygens (including phenoxy) is 3. The summed E-state index contributed by atoms with van der Waals surface area (Å²) in [4.78, 5) is 35.2. The maximum atomic E-state index is 12.8. The van der Waals surface area contributed by atoms with E-state index in [4.69, 9.17) is 14.2 Å². The smallest absolute Gasteiger partial charge is 0.166 e. The molecule has 3 aromatic carbocycles. The van der Waals surface area contributed by atoms with Gasteiger partial charge in [-0.05, 0) is 64.8 Å². The zero-order valence-electron chi connectivity index (χ0n) is 18.3. The number of hydrogen-bond acceptors (Lipinski definition) is 9. The number of nitrogens with zero attached hydrogens (tertiary/aromatic N) is 3. The van der Waals surface area contributed by atoms with E-state index in [0.717, 1.165) is 5.56 Å². The lowest BCUT2D eigenvalue weighted by Crippen LogP contribution is -2.40. The highest BCUT2D eigenvalue weighted by atomic mass is 16.5. The average Bonchev–Trinajstić information content (AvgIpc) is 2.88. The molecule has 0 N–H and O–H groups in total. The average molecular weight is 447 g/mol. The third-order valence-corrected chi connectivity index (χ3v) is 6.16. The Balaban J connectivity index is 2.00. The van der Waals surface area contributed by atoms with Gasteiger partial charge in [-0.2, -0.15) is 0 Å². The van der Waals surface area contributed by atoms with Crippen molar-refractivity contribution in [3.8, 4) is 17.2 Å². The zero-order chi connectivity index (χ0) is 23.6. The second-order valence-electron chi connectivity index (χ2n) is 7.65. The molecule has 2 atom stereocenters. The van der Waals surface area contributed by atoms with Gasteiger partial charge in [0, 0.05) is 11.1 Å². The summed E-state index contributed by atoms with van der Waals surface area (Å²) in [5.41, 5.74) is 0.894. The van der Waals surface area contributed by atoms with Crippen LogP contribution in [-0.2, 0) is 5.54 Å². The largest absolute Gasteiger partial charge is 0.497 e. The lowest BCUT2D eigenvalue weighted by Gasteiger charge is -2.41. The van der Waals surface area contributed by atoms with Gasteiger partial charge < -0.3 is 14.2 Å². The van der Waals surface area contributed by atoms with Crippen LogP contribution >= 0.6 is 0 Å². The molecule has 1 aliphatic heterocycles. The molecular weight excluding hydrogens is 426 g/mol. The summed E-state index contributed by atoms with van der Waals surface area (Å²) in [6.45, 7) is 1.94. The summed E-state index contributed by atoms with van der Waals surface area (Å²) in [6.07, 6.45) is 0. The third-order valence-electron chi connectivity index (χ3n) is 6.16. The lowest BCUT2D eigenvalue weighted by atomic mass is 9.69. The van der Waals surface area contributed by atoms with Gasteiger partial charge in [-0.25, -0.2) is 0 Å².